The summed E-state index contributed by atoms with van der Waals surface area (Å²) in [4.78, 5) is 22.8. The van der Waals surface area contributed by atoms with E-state index < -0.39 is 5.97 Å². The maximum Gasteiger partial charge on any atom is 0.338 e. The van der Waals surface area contributed by atoms with Gasteiger partial charge in [0.15, 0.2) is 0 Å². The van der Waals surface area contributed by atoms with E-state index in [-0.39, 0.29) is 34.8 Å². The number of carbonyl (C=O) groups is 1. The molecule has 0 aromatic rings. The molecule has 0 radical (unpaired) electrons. The zero-order chi connectivity index (χ0) is 16.1. The van der Waals surface area contributed by atoms with Gasteiger partial charge < -0.3 is 10.1 Å². The van der Waals surface area contributed by atoms with Gasteiger partial charge >= 0.3 is 5.97 Å². The summed E-state index contributed by atoms with van der Waals surface area (Å²) < 4.78 is 4.95. The highest BCUT2D eigenvalue weighted by Gasteiger charge is 2.36. The first-order valence-corrected chi connectivity index (χ1v) is 8.04. The average molecular weight is 308 g/mol. The molecule has 0 aromatic heterocycles. The van der Waals surface area contributed by atoms with Gasteiger partial charge in [0.2, 0.25) is 0 Å². The van der Waals surface area contributed by atoms with Gasteiger partial charge in [-0.2, -0.15) is 0 Å². The SMILES string of the molecule is CCOC(=O)C1=CC(C)C(NC2CCCCC2)C([N+](=O)[O-])=C1. The van der Waals surface area contributed by atoms with Crippen LogP contribution in [-0.4, -0.2) is 29.6 Å². The predicted octanol–water partition coefficient (Wildman–Crippen LogP) is 2.58. The Labute approximate surface area is 130 Å². The molecule has 6 heteroatoms. The highest BCUT2D eigenvalue weighted by molar-refractivity contribution is 5.92. The molecule has 2 atom stereocenters. The molecule has 0 saturated heterocycles. The van der Waals surface area contributed by atoms with Crippen molar-refractivity contribution in [2.24, 2.45) is 5.92 Å². The van der Waals surface area contributed by atoms with Crippen LogP contribution in [0.3, 0.4) is 0 Å². The third-order valence-electron chi connectivity index (χ3n) is 4.33. The average Bonchev–Trinajstić information content (AvgIpc) is 2.50. The van der Waals surface area contributed by atoms with Crippen LogP contribution in [0.1, 0.15) is 46.0 Å². The maximum atomic E-state index is 11.8. The van der Waals surface area contributed by atoms with Crippen molar-refractivity contribution in [1.29, 1.82) is 0 Å². The Hall–Kier alpha value is -1.69. The van der Waals surface area contributed by atoms with Crippen molar-refractivity contribution in [1.82, 2.24) is 5.32 Å². The Morgan fingerprint density at radius 3 is 2.68 bits per heavy atom. The lowest BCUT2D eigenvalue weighted by Gasteiger charge is -2.31. The number of hydrogen-bond donors (Lipinski definition) is 1. The van der Waals surface area contributed by atoms with E-state index in [0.29, 0.717) is 6.04 Å². The fourth-order valence-corrected chi connectivity index (χ4v) is 3.21. The second kappa shape index (κ2) is 7.54. The smallest absolute Gasteiger partial charge is 0.338 e. The lowest BCUT2D eigenvalue weighted by molar-refractivity contribution is -0.431. The van der Waals surface area contributed by atoms with Gasteiger partial charge in [-0.15, -0.1) is 0 Å². The molecule has 2 aliphatic rings. The number of ether oxygens (including phenoxy) is 1. The highest BCUT2D eigenvalue weighted by atomic mass is 16.6. The molecule has 1 fully saturated rings. The second-order valence-corrected chi connectivity index (χ2v) is 6.01. The van der Waals surface area contributed by atoms with E-state index in [9.17, 15) is 14.9 Å². The number of rotatable bonds is 5. The van der Waals surface area contributed by atoms with Crippen molar-refractivity contribution in [3.63, 3.8) is 0 Å². The van der Waals surface area contributed by atoms with Crippen LogP contribution in [-0.2, 0) is 9.53 Å². The third kappa shape index (κ3) is 3.94. The van der Waals surface area contributed by atoms with Gasteiger partial charge in [0, 0.05) is 18.0 Å². The first-order chi connectivity index (χ1) is 10.5. The van der Waals surface area contributed by atoms with Gasteiger partial charge in [-0.25, -0.2) is 4.79 Å². The molecule has 0 aliphatic heterocycles. The summed E-state index contributed by atoms with van der Waals surface area (Å²) in [5.74, 6) is -0.614. The van der Waals surface area contributed by atoms with Crippen molar-refractivity contribution in [3.8, 4) is 0 Å². The summed E-state index contributed by atoms with van der Waals surface area (Å²) in [5.41, 5.74) is 0.339. The molecule has 0 aromatic carbocycles. The van der Waals surface area contributed by atoms with Crippen LogP contribution in [0.4, 0.5) is 0 Å². The topological polar surface area (TPSA) is 81.5 Å². The fraction of sp³-hybridized carbons (Fsp3) is 0.688. The van der Waals surface area contributed by atoms with E-state index in [1.165, 1.54) is 25.3 Å². The Kier molecular flexibility index (Phi) is 5.71. The Bertz CT molecular complexity index is 492. The van der Waals surface area contributed by atoms with Gasteiger partial charge in [0.25, 0.3) is 5.70 Å². The summed E-state index contributed by atoms with van der Waals surface area (Å²) in [6.45, 7) is 3.88. The molecule has 2 rings (SSSR count). The van der Waals surface area contributed by atoms with Gasteiger partial charge in [0.1, 0.15) is 6.04 Å². The number of nitro groups is 1. The standard InChI is InChI=1S/C16H24N2O4/c1-3-22-16(19)12-9-11(2)15(14(10-12)18(20)21)17-13-7-5-4-6-8-13/h9-11,13,15,17H,3-8H2,1-2H3. The van der Waals surface area contributed by atoms with Crippen molar-refractivity contribution in [3.05, 3.63) is 33.5 Å². The minimum absolute atomic E-state index is 0.0589. The lowest BCUT2D eigenvalue weighted by Crippen LogP contribution is -2.46. The fourth-order valence-electron chi connectivity index (χ4n) is 3.21. The molecule has 1 saturated carbocycles. The molecule has 0 amide bonds. The first-order valence-electron chi connectivity index (χ1n) is 8.04. The van der Waals surface area contributed by atoms with Crippen LogP contribution in [0.5, 0.6) is 0 Å². The van der Waals surface area contributed by atoms with E-state index in [4.69, 9.17) is 4.74 Å². The van der Waals surface area contributed by atoms with Gasteiger partial charge in [-0.1, -0.05) is 32.3 Å². The molecule has 22 heavy (non-hydrogen) atoms. The van der Waals surface area contributed by atoms with Gasteiger partial charge in [0.05, 0.1) is 17.1 Å². The molecule has 0 bridgehead atoms. The molecular weight excluding hydrogens is 284 g/mol. The van der Waals surface area contributed by atoms with Crippen molar-refractivity contribution < 1.29 is 14.5 Å². The molecule has 0 spiro atoms. The summed E-state index contributed by atoms with van der Waals surface area (Å²) >= 11 is 0. The van der Waals surface area contributed by atoms with Crippen molar-refractivity contribution in [2.75, 3.05) is 6.61 Å². The molecule has 6 nitrogen and oxygen atoms in total. The Balaban J connectivity index is 2.15. The van der Waals surface area contributed by atoms with E-state index in [1.807, 2.05) is 6.92 Å². The molecule has 1 N–H and O–H groups in total. The number of esters is 1. The van der Waals surface area contributed by atoms with E-state index in [1.54, 1.807) is 13.0 Å². The number of nitrogens with zero attached hydrogens (tertiary/aromatic N) is 1. The minimum Gasteiger partial charge on any atom is -0.462 e. The Morgan fingerprint density at radius 2 is 2.09 bits per heavy atom. The molecule has 2 unspecified atom stereocenters. The Morgan fingerprint density at radius 1 is 1.41 bits per heavy atom. The van der Waals surface area contributed by atoms with Crippen LogP contribution in [0.15, 0.2) is 23.4 Å². The third-order valence-corrected chi connectivity index (χ3v) is 4.33. The summed E-state index contributed by atoms with van der Waals surface area (Å²) in [6.07, 6.45) is 8.82. The monoisotopic (exact) mass is 308 g/mol. The zero-order valence-electron chi connectivity index (χ0n) is 13.2. The van der Waals surface area contributed by atoms with Gasteiger partial charge in [-0.05, 0) is 19.8 Å². The predicted molar refractivity (Wildman–Crippen MR) is 82.8 cm³/mol. The second-order valence-electron chi connectivity index (χ2n) is 6.01. The number of nitrogens with one attached hydrogen (secondary N) is 1. The number of hydrogen-bond acceptors (Lipinski definition) is 5. The van der Waals surface area contributed by atoms with Crippen molar-refractivity contribution in [2.45, 2.75) is 58.0 Å². The summed E-state index contributed by atoms with van der Waals surface area (Å²) in [6, 6.07) is -0.0293. The lowest BCUT2D eigenvalue weighted by atomic mass is 9.87. The summed E-state index contributed by atoms with van der Waals surface area (Å²) in [7, 11) is 0. The highest BCUT2D eigenvalue weighted by Crippen LogP contribution is 2.27. The van der Waals surface area contributed by atoms with Crippen molar-refractivity contribution >= 4 is 5.97 Å². The maximum absolute atomic E-state index is 11.8. The molecule has 122 valence electrons. The van der Waals surface area contributed by atoms with E-state index >= 15 is 0 Å². The van der Waals surface area contributed by atoms with Crippen LogP contribution >= 0.6 is 0 Å². The van der Waals surface area contributed by atoms with Crippen LogP contribution < -0.4 is 5.32 Å². The normalized spacial score (nSPS) is 26.1. The van der Waals surface area contributed by atoms with E-state index in [2.05, 4.69) is 5.32 Å². The molecular formula is C16H24N2O4. The quantitative estimate of drug-likeness (QED) is 0.479. The largest absolute Gasteiger partial charge is 0.462 e. The van der Waals surface area contributed by atoms with Crippen LogP contribution in [0, 0.1) is 16.0 Å². The van der Waals surface area contributed by atoms with Gasteiger partial charge in [-0.3, -0.25) is 10.1 Å². The summed E-state index contributed by atoms with van der Waals surface area (Å²) in [5, 5.41) is 14.8. The van der Waals surface area contributed by atoms with Crippen LogP contribution in [0.2, 0.25) is 0 Å². The molecule has 0 heterocycles. The van der Waals surface area contributed by atoms with E-state index in [0.717, 1.165) is 12.8 Å². The molecule has 2 aliphatic carbocycles. The number of carbonyl (C=O) groups excluding carboxylic acids is 1. The van der Waals surface area contributed by atoms with Crippen LogP contribution in [0.25, 0.3) is 0 Å². The minimum atomic E-state index is -0.496. The zero-order valence-corrected chi connectivity index (χ0v) is 13.2. The first kappa shape index (κ1) is 16.7.